The Kier molecular flexibility index (Phi) is 3.00. The van der Waals surface area contributed by atoms with E-state index >= 15 is 0 Å². The zero-order chi connectivity index (χ0) is 14.2. The fourth-order valence-electron chi connectivity index (χ4n) is 3.31. The predicted molar refractivity (Wildman–Crippen MR) is 77.7 cm³/mol. The van der Waals surface area contributed by atoms with Crippen molar-refractivity contribution in [1.82, 2.24) is 15.4 Å². The van der Waals surface area contributed by atoms with Gasteiger partial charge in [-0.2, -0.15) is 0 Å². The molecule has 0 saturated carbocycles. The molecule has 5 nitrogen and oxygen atoms in total. The minimum atomic E-state index is -0.139. The summed E-state index contributed by atoms with van der Waals surface area (Å²) in [5.41, 5.74) is 1.28. The first-order valence-corrected chi connectivity index (χ1v) is 7.35. The first-order chi connectivity index (χ1) is 10.3. The molecule has 2 fully saturated rings. The smallest absolute Gasteiger partial charge is 0.273 e. The Morgan fingerprint density at radius 3 is 2.86 bits per heavy atom. The minimum Gasteiger partial charge on any atom is -0.355 e. The maximum absolute atomic E-state index is 12.3. The molecule has 1 N–H and O–H groups in total. The molecule has 21 heavy (non-hydrogen) atoms. The number of aromatic nitrogens is 1. The van der Waals surface area contributed by atoms with Crippen molar-refractivity contribution < 1.29 is 9.32 Å². The summed E-state index contributed by atoms with van der Waals surface area (Å²) >= 11 is 0. The van der Waals surface area contributed by atoms with Gasteiger partial charge >= 0.3 is 0 Å². The van der Waals surface area contributed by atoms with E-state index in [4.69, 9.17) is 4.52 Å². The summed E-state index contributed by atoms with van der Waals surface area (Å²) in [6.45, 7) is 3.23. The van der Waals surface area contributed by atoms with E-state index < -0.39 is 0 Å². The lowest BCUT2D eigenvalue weighted by Gasteiger charge is -2.22. The average molecular weight is 283 g/mol. The van der Waals surface area contributed by atoms with Crippen molar-refractivity contribution >= 4 is 5.91 Å². The SMILES string of the molecule is O=C(N[C@H]1CN2CC[C@H]1C2)c1cc(-c2ccccc2)on1. The molecule has 2 aliphatic heterocycles. The van der Waals surface area contributed by atoms with E-state index in [-0.39, 0.29) is 11.9 Å². The lowest BCUT2D eigenvalue weighted by Crippen LogP contribution is -2.43. The summed E-state index contributed by atoms with van der Waals surface area (Å²) in [5, 5.41) is 6.98. The van der Waals surface area contributed by atoms with Crippen LogP contribution in [0.1, 0.15) is 16.9 Å². The van der Waals surface area contributed by atoms with Crippen LogP contribution in [0, 0.1) is 5.92 Å². The standard InChI is InChI=1S/C16H17N3O2/c20-16(17-14-10-19-7-6-12(14)9-19)13-8-15(21-18-13)11-4-2-1-3-5-11/h1-5,8,12,14H,6-7,9-10H2,(H,17,20)/t12-,14-/m0/s1. The molecule has 2 aromatic rings. The number of hydrogen-bond donors (Lipinski definition) is 1. The van der Waals surface area contributed by atoms with Crippen LogP contribution in [0.4, 0.5) is 0 Å². The molecule has 1 aromatic heterocycles. The lowest BCUT2D eigenvalue weighted by atomic mass is 10.00. The van der Waals surface area contributed by atoms with E-state index in [1.165, 1.54) is 13.0 Å². The zero-order valence-corrected chi connectivity index (χ0v) is 11.7. The number of carbonyl (C=O) groups is 1. The molecule has 2 aliphatic rings. The van der Waals surface area contributed by atoms with Crippen molar-refractivity contribution in [2.75, 3.05) is 19.6 Å². The number of nitrogens with one attached hydrogen (secondary N) is 1. The highest BCUT2D eigenvalue weighted by molar-refractivity contribution is 5.93. The molecular formula is C16H17N3O2. The first-order valence-electron chi connectivity index (χ1n) is 7.35. The van der Waals surface area contributed by atoms with Crippen LogP contribution in [0.5, 0.6) is 0 Å². The van der Waals surface area contributed by atoms with E-state index in [0.29, 0.717) is 17.4 Å². The molecule has 0 radical (unpaired) electrons. The van der Waals surface area contributed by atoms with Crippen molar-refractivity contribution in [3.63, 3.8) is 0 Å². The fraction of sp³-hybridized carbons (Fsp3) is 0.375. The molecule has 1 amide bonds. The summed E-state index contributed by atoms with van der Waals surface area (Å²) < 4.78 is 5.28. The average Bonchev–Trinajstić information content (AvgIpc) is 3.24. The fourth-order valence-corrected chi connectivity index (χ4v) is 3.31. The van der Waals surface area contributed by atoms with Gasteiger partial charge in [0.2, 0.25) is 0 Å². The normalized spacial score (nSPS) is 27.0. The van der Waals surface area contributed by atoms with Crippen LogP contribution in [-0.4, -0.2) is 41.6 Å². The summed E-state index contributed by atoms with van der Waals surface area (Å²) in [4.78, 5) is 14.7. The second-order valence-corrected chi connectivity index (χ2v) is 5.83. The van der Waals surface area contributed by atoms with Crippen LogP contribution in [-0.2, 0) is 0 Å². The highest BCUT2D eigenvalue weighted by atomic mass is 16.5. The van der Waals surface area contributed by atoms with Gasteiger partial charge in [-0.05, 0) is 18.9 Å². The molecule has 1 aromatic carbocycles. The van der Waals surface area contributed by atoms with Gasteiger partial charge in [0.1, 0.15) is 0 Å². The Morgan fingerprint density at radius 2 is 2.14 bits per heavy atom. The molecular weight excluding hydrogens is 266 g/mol. The highest BCUT2D eigenvalue weighted by Gasteiger charge is 2.38. The number of carbonyl (C=O) groups excluding carboxylic acids is 1. The van der Waals surface area contributed by atoms with Gasteiger partial charge in [-0.15, -0.1) is 0 Å². The molecule has 4 rings (SSSR count). The summed E-state index contributed by atoms with van der Waals surface area (Å²) in [6.07, 6.45) is 1.18. The molecule has 5 heteroatoms. The van der Waals surface area contributed by atoms with Crippen LogP contribution in [0.2, 0.25) is 0 Å². The molecule has 2 bridgehead atoms. The van der Waals surface area contributed by atoms with Gasteiger partial charge in [0.25, 0.3) is 5.91 Å². The number of benzene rings is 1. The van der Waals surface area contributed by atoms with Crippen LogP contribution in [0.15, 0.2) is 40.9 Å². The number of rotatable bonds is 3. The number of fused-ring (bicyclic) bond motifs is 2. The van der Waals surface area contributed by atoms with Crippen molar-refractivity contribution in [2.45, 2.75) is 12.5 Å². The Hall–Kier alpha value is -2.14. The first kappa shape index (κ1) is 12.6. The molecule has 108 valence electrons. The van der Waals surface area contributed by atoms with Gasteiger partial charge in [-0.25, -0.2) is 0 Å². The van der Waals surface area contributed by atoms with Crippen LogP contribution in [0.3, 0.4) is 0 Å². The molecule has 3 heterocycles. The Bertz CT molecular complexity index is 653. The number of hydrogen-bond acceptors (Lipinski definition) is 4. The Morgan fingerprint density at radius 1 is 1.29 bits per heavy atom. The second kappa shape index (κ2) is 5.00. The van der Waals surface area contributed by atoms with Gasteiger partial charge in [0, 0.05) is 30.8 Å². The van der Waals surface area contributed by atoms with E-state index in [0.717, 1.165) is 18.7 Å². The van der Waals surface area contributed by atoms with Crippen LogP contribution >= 0.6 is 0 Å². The molecule has 0 aliphatic carbocycles. The van der Waals surface area contributed by atoms with E-state index in [1.54, 1.807) is 6.07 Å². The highest BCUT2D eigenvalue weighted by Crippen LogP contribution is 2.28. The maximum Gasteiger partial charge on any atom is 0.273 e. The summed E-state index contributed by atoms with van der Waals surface area (Å²) in [5.74, 6) is 1.08. The minimum absolute atomic E-state index is 0.139. The lowest BCUT2D eigenvalue weighted by molar-refractivity contribution is 0.0915. The van der Waals surface area contributed by atoms with Gasteiger partial charge in [0.15, 0.2) is 11.5 Å². The van der Waals surface area contributed by atoms with Crippen molar-refractivity contribution in [3.05, 3.63) is 42.1 Å². The summed E-state index contributed by atoms with van der Waals surface area (Å²) in [6, 6.07) is 11.6. The third-order valence-corrected chi connectivity index (χ3v) is 4.45. The molecule has 3 atom stereocenters. The third kappa shape index (κ3) is 2.34. The third-order valence-electron chi connectivity index (χ3n) is 4.45. The van der Waals surface area contributed by atoms with Gasteiger partial charge in [0.05, 0.1) is 0 Å². The molecule has 2 saturated heterocycles. The van der Waals surface area contributed by atoms with Gasteiger partial charge in [-0.1, -0.05) is 35.5 Å². The van der Waals surface area contributed by atoms with Crippen molar-refractivity contribution in [3.8, 4) is 11.3 Å². The molecule has 0 spiro atoms. The second-order valence-electron chi connectivity index (χ2n) is 5.83. The monoisotopic (exact) mass is 283 g/mol. The molecule has 1 unspecified atom stereocenters. The van der Waals surface area contributed by atoms with Crippen LogP contribution in [0.25, 0.3) is 11.3 Å². The Balaban J connectivity index is 1.47. The van der Waals surface area contributed by atoms with Crippen molar-refractivity contribution in [1.29, 1.82) is 0 Å². The van der Waals surface area contributed by atoms with E-state index in [9.17, 15) is 4.79 Å². The number of piperidine rings is 1. The largest absolute Gasteiger partial charge is 0.355 e. The van der Waals surface area contributed by atoms with Gasteiger partial charge < -0.3 is 14.7 Å². The quantitative estimate of drug-likeness (QED) is 0.932. The topological polar surface area (TPSA) is 58.4 Å². The summed E-state index contributed by atoms with van der Waals surface area (Å²) in [7, 11) is 0. The maximum atomic E-state index is 12.3. The number of nitrogens with zero attached hydrogens (tertiary/aromatic N) is 2. The Labute approximate surface area is 122 Å². The zero-order valence-electron chi connectivity index (χ0n) is 11.7. The van der Waals surface area contributed by atoms with Crippen LogP contribution < -0.4 is 5.32 Å². The van der Waals surface area contributed by atoms with Crippen molar-refractivity contribution in [2.24, 2.45) is 5.92 Å². The van der Waals surface area contributed by atoms with E-state index in [2.05, 4.69) is 15.4 Å². The number of amides is 1. The predicted octanol–water partition coefficient (Wildman–Crippen LogP) is 1.78. The van der Waals surface area contributed by atoms with Gasteiger partial charge in [-0.3, -0.25) is 4.79 Å². The van der Waals surface area contributed by atoms with E-state index in [1.807, 2.05) is 30.3 Å².